The molecule has 0 N–H and O–H groups in total. The fraction of sp³-hybridized carbons (Fsp3) is 0.357. The lowest BCUT2D eigenvalue weighted by Gasteiger charge is -2.15. The zero-order valence-corrected chi connectivity index (χ0v) is 13.1. The van der Waals surface area contributed by atoms with Crippen molar-refractivity contribution in [3.63, 3.8) is 0 Å². The van der Waals surface area contributed by atoms with Gasteiger partial charge in [-0.3, -0.25) is 0 Å². The van der Waals surface area contributed by atoms with E-state index >= 15 is 0 Å². The van der Waals surface area contributed by atoms with Crippen LogP contribution in [0.25, 0.3) is 20.3 Å². The third-order valence-electron chi connectivity index (χ3n) is 3.07. The number of aryl methyl sites for hydroxylation is 1. The van der Waals surface area contributed by atoms with E-state index in [2.05, 4.69) is 22.5 Å². The van der Waals surface area contributed by atoms with Gasteiger partial charge in [0.15, 0.2) is 6.29 Å². The molecule has 0 aliphatic carbocycles. The predicted octanol–water partition coefficient (Wildman–Crippen LogP) is 3.82. The molecule has 4 nitrogen and oxygen atoms in total. The van der Waals surface area contributed by atoms with Gasteiger partial charge in [0, 0.05) is 25.7 Å². The van der Waals surface area contributed by atoms with Crippen molar-refractivity contribution in [3.8, 4) is 5.75 Å². The molecule has 0 aliphatic heterocycles. The highest BCUT2D eigenvalue weighted by Gasteiger charge is 2.14. The fourth-order valence-electron chi connectivity index (χ4n) is 2.10. The lowest BCUT2D eigenvalue weighted by Crippen LogP contribution is -2.22. The normalized spacial score (nSPS) is 11.8. The van der Waals surface area contributed by atoms with Gasteiger partial charge in [-0.15, -0.1) is 22.7 Å². The van der Waals surface area contributed by atoms with Crippen LogP contribution >= 0.6 is 22.7 Å². The molecule has 0 saturated carbocycles. The Kier molecular flexibility index (Phi) is 3.89. The molecule has 3 aromatic rings. The van der Waals surface area contributed by atoms with Crippen LogP contribution in [0.4, 0.5) is 0 Å². The van der Waals surface area contributed by atoms with Crippen LogP contribution in [0.5, 0.6) is 5.75 Å². The van der Waals surface area contributed by atoms with E-state index in [1.807, 2.05) is 6.92 Å². The first-order valence-corrected chi connectivity index (χ1v) is 7.88. The number of benzene rings is 1. The number of ether oxygens (including phenoxy) is 3. The molecule has 20 heavy (non-hydrogen) atoms. The molecule has 1 aromatic carbocycles. The molecule has 0 spiro atoms. The maximum atomic E-state index is 5.87. The summed E-state index contributed by atoms with van der Waals surface area (Å²) in [6, 6.07) is 4.12. The first-order valence-electron chi connectivity index (χ1n) is 6.18. The Morgan fingerprint density at radius 2 is 2.10 bits per heavy atom. The highest BCUT2D eigenvalue weighted by atomic mass is 32.1. The second-order valence-electron chi connectivity index (χ2n) is 4.33. The first kappa shape index (κ1) is 13.8. The number of rotatable bonds is 5. The van der Waals surface area contributed by atoms with Crippen LogP contribution < -0.4 is 4.74 Å². The zero-order chi connectivity index (χ0) is 14.1. The maximum Gasteiger partial charge on any atom is 0.191 e. The zero-order valence-electron chi connectivity index (χ0n) is 11.5. The Morgan fingerprint density at radius 1 is 1.30 bits per heavy atom. The van der Waals surface area contributed by atoms with Gasteiger partial charge < -0.3 is 14.2 Å². The molecule has 0 bridgehead atoms. The van der Waals surface area contributed by atoms with Gasteiger partial charge in [-0.1, -0.05) is 0 Å². The maximum absolute atomic E-state index is 5.87. The lowest BCUT2D eigenvalue weighted by molar-refractivity contribution is -0.121. The Bertz CT molecular complexity index is 731. The molecule has 0 atom stereocenters. The van der Waals surface area contributed by atoms with Crippen molar-refractivity contribution < 1.29 is 14.2 Å². The monoisotopic (exact) mass is 309 g/mol. The average molecular weight is 309 g/mol. The molecule has 0 unspecified atom stereocenters. The predicted molar refractivity (Wildman–Crippen MR) is 83.0 cm³/mol. The molecule has 106 valence electrons. The van der Waals surface area contributed by atoms with E-state index in [1.54, 1.807) is 36.9 Å². The van der Waals surface area contributed by atoms with Gasteiger partial charge in [-0.05, 0) is 18.4 Å². The van der Waals surface area contributed by atoms with Crippen molar-refractivity contribution in [2.45, 2.75) is 13.2 Å². The summed E-state index contributed by atoms with van der Waals surface area (Å²) < 4.78 is 18.5. The Hall–Kier alpha value is -1.21. The van der Waals surface area contributed by atoms with Crippen LogP contribution in [0.3, 0.4) is 0 Å². The van der Waals surface area contributed by atoms with Crippen LogP contribution in [-0.4, -0.2) is 32.1 Å². The molecular weight excluding hydrogens is 294 g/mol. The number of thiophene rings is 1. The molecule has 2 aromatic heterocycles. The summed E-state index contributed by atoms with van der Waals surface area (Å²) in [4.78, 5) is 4.61. The van der Waals surface area contributed by atoms with Crippen molar-refractivity contribution >= 4 is 43.0 Å². The Morgan fingerprint density at radius 3 is 2.85 bits per heavy atom. The summed E-state index contributed by atoms with van der Waals surface area (Å²) in [7, 11) is 3.21. The van der Waals surface area contributed by atoms with Crippen LogP contribution in [0.2, 0.25) is 0 Å². The summed E-state index contributed by atoms with van der Waals surface area (Å²) >= 11 is 3.38. The van der Waals surface area contributed by atoms with E-state index in [4.69, 9.17) is 14.2 Å². The van der Waals surface area contributed by atoms with Crippen molar-refractivity contribution in [1.29, 1.82) is 0 Å². The Balaban J connectivity index is 2.02. The second-order valence-corrected chi connectivity index (χ2v) is 6.48. The average Bonchev–Trinajstić information content (AvgIpc) is 3.04. The largest absolute Gasteiger partial charge is 0.488 e. The molecule has 3 rings (SSSR count). The number of hydrogen-bond acceptors (Lipinski definition) is 6. The lowest BCUT2D eigenvalue weighted by atomic mass is 10.2. The number of aromatic nitrogens is 1. The van der Waals surface area contributed by atoms with E-state index in [9.17, 15) is 0 Å². The van der Waals surface area contributed by atoms with Crippen molar-refractivity contribution in [3.05, 3.63) is 22.5 Å². The molecule has 0 aliphatic rings. The number of thiazole rings is 1. The molecule has 0 amide bonds. The summed E-state index contributed by atoms with van der Waals surface area (Å²) in [6.45, 7) is 2.39. The SMILES string of the molecule is COC(COc1cc2sc(C)nc2c2sccc12)OC. The fourth-order valence-corrected chi connectivity index (χ4v) is 3.93. The van der Waals surface area contributed by atoms with Gasteiger partial charge in [0.05, 0.1) is 19.9 Å². The molecular formula is C14H15NO3S2. The highest BCUT2D eigenvalue weighted by Crippen LogP contribution is 2.38. The summed E-state index contributed by atoms with van der Waals surface area (Å²) in [5.74, 6) is 0.858. The molecule has 0 fully saturated rings. The number of hydrogen-bond donors (Lipinski definition) is 0. The summed E-state index contributed by atoms with van der Waals surface area (Å²) in [5, 5.41) is 4.23. The van der Waals surface area contributed by atoms with Gasteiger partial charge in [0.25, 0.3) is 0 Å². The van der Waals surface area contributed by atoms with Gasteiger partial charge in [0.1, 0.15) is 12.4 Å². The van der Waals surface area contributed by atoms with Gasteiger partial charge in [-0.25, -0.2) is 4.98 Å². The third kappa shape index (κ3) is 2.40. The van der Waals surface area contributed by atoms with E-state index in [1.165, 1.54) is 4.70 Å². The van der Waals surface area contributed by atoms with E-state index in [0.29, 0.717) is 6.61 Å². The minimum Gasteiger partial charge on any atom is -0.488 e. The van der Waals surface area contributed by atoms with Crippen LogP contribution in [0.1, 0.15) is 5.01 Å². The first-order chi connectivity index (χ1) is 9.72. The van der Waals surface area contributed by atoms with E-state index in [0.717, 1.165) is 26.4 Å². The van der Waals surface area contributed by atoms with Crippen molar-refractivity contribution in [2.75, 3.05) is 20.8 Å². The van der Waals surface area contributed by atoms with Crippen LogP contribution in [-0.2, 0) is 9.47 Å². The van der Waals surface area contributed by atoms with Gasteiger partial charge in [0.2, 0.25) is 0 Å². The summed E-state index contributed by atoms with van der Waals surface area (Å²) in [6.07, 6.45) is -0.359. The Labute approximate surface area is 124 Å². The smallest absolute Gasteiger partial charge is 0.191 e. The quantitative estimate of drug-likeness (QED) is 0.672. The summed E-state index contributed by atoms with van der Waals surface area (Å²) in [5.41, 5.74) is 1.07. The minimum atomic E-state index is -0.359. The highest BCUT2D eigenvalue weighted by molar-refractivity contribution is 7.21. The molecule has 0 saturated heterocycles. The topological polar surface area (TPSA) is 40.6 Å². The molecule has 2 heterocycles. The van der Waals surface area contributed by atoms with E-state index in [-0.39, 0.29) is 6.29 Å². The second kappa shape index (κ2) is 5.65. The van der Waals surface area contributed by atoms with Crippen molar-refractivity contribution in [2.24, 2.45) is 0 Å². The van der Waals surface area contributed by atoms with Gasteiger partial charge in [-0.2, -0.15) is 0 Å². The van der Waals surface area contributed by atoms with Crippen LogP contribution in [0.15, 0.2) is 17.5 Å². The molecule has 0 radical (unpaired) electrons. The third-order valence-corrected chi connectivity index (χ3v) is 4.91. The van der Waals surface area contributed by atoms with Crippen molar-refractivity contribution in [1.82, 2.24) is 4.98 Å². The molecule has 6 heteroatoms. The van der Waals surface area contributed by atoms with Crippen LogP contribution in [0, 0.1) is 6.92 Å². The number of fused-ring (bicyclic) bond motifs is 3. The number of nitrogens with zero attached hydrogens (tertiary/aromatic N) is 1. The number of methoxy groups -OCH3 is 2. The van der Waals surface area contributed by atoms with Gasteiger partial charge >= 0.3 is 0 Å². The van der Waals surface area contributed by atoms with E-state index < -0.39 is 0 Å². The standard InChI is InChI=1S/C14H15NO3S2/c1-8-15-13-11(20-8)6-10(9-4-5-19-14(9)13)18-7-12(16-2)17-3/h4-6,12H,7H2,1-3H3. The minimum absolute atomic E-state index is 0.359.